The molecule has 0 bridgehead atoms. The van der Waals surface area contributed by atoms with Gasteiger partial charge in [0.1, 0.15) is 18.1 Å². The molecule has 2 aliphatic heterocycles. The predicted molar refractivity (Wildman–Crippen MR) is 90.1 cm³/mol. The van der Waals surface area contributed by atoms with Crippen molar-refractivity contribution in [3.63, 3.8) is 0 Å². The third-order valence-corrected chi connectivity index (χ3v) is 7.30. The van der Waals surface area contributed by atoms with Crippen LogP contribution in [0.3, 0.4) is 0 Å². The lowest BCUT2D eigenvalue weighted by atomic mass is 9.52. The molecule has 7 heteroatoms. The molecule has 0 spiro atoms. The molecule has 7 nitrogen and oxygen atoms in total. The maximum absolute atomic E-state index is 12.8. The van der Waals surface area contributed by atoms with E-state index in [0.717, 1.165) is 11.1 Å². The van der Waals surface area contributed by atoms with Crippen molar-refractivity contribution in [1.29, 1.82) is 0 Å². The van der Waals surface area contributed by atoms with E-state index in [1.54, 1.807) is 19.3 Å². The summed E-state index contributed by atoms with van der Waals surface area (Å²) in [5, 5.41) is 22.1. The van der Waals surface area contributed by atoms with E-state index in [4.69, 9.17) is 13.9 Å². The molecule has 27 heavy (non-hydrogen) atoms. The first-order valence-electron chi connectivity index (χ1n) is 9.37. The topological polar surface area (TPSA) is 106 Å². The SMILES string of the molecule is C[C@@]1(O)C[C@H](O)[C@]23COC(=O)[C@]12CCC/C3=C1/C[C@@H](c2ccoc2)OC1=O. The lowest BCUT2D eigenvalue weighted by Crippen LogP contribution is -2.56. The zero-order valence-electron chi connectivity index (χ0n) is 15.1. The second-order valence-corrected chi connectivity index (χ2v) is 8.41. The van der Waals surface area contributed by atoms with E-state index < -0.39 is 40.6 Å². The molecule has 0 amide bonds. The first-order valence-corrected chi connectivity index (χ1v) is 9.37. The Hall–Kier alpha value is -2.12. The van der Waals surface area contributed by atoms with Gasteiger partial charge >= 0.3 is 11.9 Å². The van der Waals surface area contributed by atoms with Crippen molar-refractivity contribution in [3.8, 4) is 0 Å². The summed E-state index contributed by atoms with van der Waals surface area (Å²) in [6, 6.07) is 1.76. The number of ether oxygens (including phenoxy) is 2. The number of carbonyl (C=O) groups excluding carboxylic acids is 2. The van der Waals surface area contributed by atoms with Crippen LogP contribution in [0, 0.1) is 10.8 Å². The second-order valence-electron chi connectivity index (χ2n) is 8.41. The van der Waals surface area contributed by atoms with Gasteiger partial charge in [-0.3, -0.25) is 4.79 Å². The van der Waals surface area contributed by atoms with E-state index in [1.165, 1.54) is 6.26 Å². The van der Waals surface area contributed by atoms with Crippen LogP contribution in [-0.2, 0) is 19.1 Å². The van der Waals surface area contributed by atoms with E-state index in [0.29, 0.717) is 31.3 Å². The van der Waals surface area contributed by atoms with Gasteiger partial charge in [-0.25, -0.2) is 4.79 Å². The Balaban J connectivity index is 1.66. The molecule has 4 aliphatic rings. The third-order valence-electron chi connectivity index (χ3n) is 7.30. The van der Waals surface area contributed by atoms with Crippen molar-refractivity contribution < 1.29 is 33.7 Å². The fourth-order valence-electron chi connectivity index (χ4n) is 6.13. The number of cyclic esters (lactones) is 2. The third kappa shape index (κ3) is 1.84. The summed E-state index contributed by atoms with van der Waals surface area (Å²) in [4.78, 5) is 25.5. The number of hydrogen-bond donors (Lipinski definition) is 2. The summed E-state index contributed by atoms with van der Waals surface area (Å²) >= 11 is 0. The molecule has 1 aromatic rings. The number of esters is 2. The van der Waals surface area contributed by atoms with Gasteiger partial charge in [-0.15, -0.1) is 0 Å². The molecule has 2 saturated heterocycles. The summed E-state index contributed by atoms with van der Waals surface area (Å²) < 4.78 is 16.1. The number of hydrogen-bond acceptors (Lipinski definition) is 7. The largest absolute Gasteiger partial charge is 0.472 e. The molecule has 1 aromatic heterocycles. The molecule has 3 heterocycles. The first kappa shape index (κ1) is 17.0. The standard InChI is InChI=1S/C20H22O7/c1-18(24)8-15(21)19-10-26-17(23)20(18,19)5-2-3-13(19)12-7-14(27-16(12)22)11-4-6-25-9-11/h4,6,9,14-15,21,24H,2-3,5,7-8,10H2,1H3/b13-12+/t14-,15-,18+,19+,20+/m0/s1. The minimum atomic E-state index is -1.39. The Bertz CT molecular complexity index is 852. The van der Waals surface area contributed by atoms with Gasteiger partial charge in [0.15, 0.2) is 0 Å². The second kappa shape index (κ2) is 5.23. The van der Waals surface area contributed by atoms with Gasteiger partial charge in [-0.2, -0.15) is 0 Å². The van der Waals surface area contributed by atoms with Gasteiger partial charge in [0.2, 0.25) is 0 Å². The molecule has 0 aromatic carbocycles. The average Bonchev–Trinajstić information content (AvgIpc) is 3.35. The van der Waals surface area contributed by atoms with E-state index in [-0.39, 0.29) is 13.0 Å². The predicted octanol–water partition coefficient (Wildman–Crippen LogP) is 1.79. The molecular formula is C20H22O7. The monoisotopic (exact) mass is 374 g/mol. The molecule has 144 valence electrons. The lowest BCUT2D eigenvalue weighted by Gasteiger charge is -2.48. The Morgan fingerprint density at radius 2 is 2.11 bits per heavy atom. The van der Waals surface area contributed by atoms with Crippen molar-refractivity contribution in [3.05, 3.63) is 35.3 Å². The smallest absolute Gasteiger partial charge is 0.334 e. The van der Waals surface area contributed by atoms with Gasteiger partial charge in [0.25, 0.3) is 0 Å². The number of aliphatic hydroxyl groups is 2. The minimum Gasteiger partial charge on any atom is -0.472 e. The van der Waals surface area contributed by atoms with E-state index in [1.807, 2.05) is 0 Å². The highest BCUT2D eigenvalue weighted by atomic mass is 16.6. The number of carbonyl (C=O) groups is 2. The highest BCUT2D eigenvalue weighted by Crippen LogP contribution is 2.71. The summed E-state index contributed by atoms with van der Waals surface area (Å²) in [7, 11) is 0. The highest BCUT2D eigenvalue weighted by molar-refractivity contribution is 5.93. The van der Waals surface area contributed by atoms with Crippen molar-refractivity contribution in [2.45, 2.75) is 56.8 Å². The van der Waals surface area contributed by atoms with Crippen molar-refractivity contribution in [2.75, 3.05) is 6.61 Å². The first-order chi connectivity index (χ1) is 12.8. The van der Waals surface area contributed by atoms with Crippen LogP contribution < -0.4 is 0 Å². The Morgan fingerprint density at radius 3 is 2.85 bits per heavy atom. The van der Waals surface area contributed by atoms with Gasteiger partial charge < -0.3 is 24.1 Å². The molecule has 5 atom stereocenters. The Morgan fingerprint density at radius 1 is 1.30 bits per heavy atom. The van der Waals surface area contributed by atoms with Crippen LogP contribution in [0.2, 0.25) is 0 Å². The maximum Gasteiger partial charge on any atom is 0.334 e. The number of aliphatic hydroxyl groups excluding tert-OH is 1. The summed E-state index contributed by atoms with van der Waals surface area (Å²) in [6.45, 7) is 1.59. The van der Waals surface area contributed by atoms with E-state index in [2.05, 4.69) is 0 Å². The van der Waals surface area contributed by atoms with Crippen LogP contribution in [0.5, 0.6) is 0 Å². The van der Waals surface area contributed by atoms with E-state index >= 15 is 0 Å². The fraction of sp³-hybridized carbons (Fsp3) is 0.600. The normalized spacial score (nSPS) is 46.2. The van der Waals surface area contributed by atoms with Crippen molar-refractivity contribution >= 4 is 11.9 Å². The van der Waals surface area contributed by atoms with Crippen LogP contribution >= 0.6 is 0 Å². The molecule has 4 fully saturated rings. The zero-order chi connectivity index (χ0) is 19.0. The van der Waals surface area contributed by atoms with Crippen LogP contribution in [0.15, 0.2) is 34.2 Å². The zero-order valence-corrected chi connectivity index (χ0v) is 15.1. The molecule has 0 unspecified atom stereocenters. The maximum atomic E-state index is 12.8. The van der Waals surface area contributed by atoms with Crippen molar-refractivity contribution in [2.24, 2.45) is 10.8 Å². The van der Waals surface area contributed by atoms with Crippen LogP contribution in [0.25, 0.3) is 0 Å². The Kier molecular flexibility index (Phi) is 3.30. The van der Waals surface area contributed by atoms with Crippen molar-refractivity contribution in [1.82, 2.24) is 0 Å². The van der Waals surface area contributed by atoms with Gasteiger partial charge in [0.05, 0.1) is 29.6 Å². The molecule has 2 saturated carbocycles. The lowest BCUT2D eigenvalue weighted by molar-refractivity contribution is -0.162. The van der Waals surface area contributed by atoms with Crippen LogP contribution in [-0.4, -0.2) is 40.5 Å². The van der Waals surface area contributed by atoms with E-state index in [9.17, 15) is 19.8 Å². The Labute approximate surface area is 155 Å². The summed E-state index contributed by atoms with van der Waals surface area (Å²) in [5.74, 6) is -0.904. The van der Waals surface area contributed by atoms with Crippen LogP contribution in [0.4, 0.5) is 0 Å². The summed E-state index contributed by atoms with van der Waals surface area (Å²) in [5.41, 5.74) is -1.67. The van der Waals surface area contributed by atoms with Gasteiger partial charge in [-0.05, 0) is 37.8 Å². The fourth-order valence-corrected chi connectivity index (χ4v) is 6.13. The molecule has 2 aliphatic carbocycles. The van der Waals surface area contributed by atoms with Gasteiger partial charge in [0, 0.05) is 24.0 Å². The quantitative estimate of drug-likeness (QED) is 0.570. The van der Waals surface area contributed by atoms with Crippen LogP contribution in [0.1, 0.15) is 50.7 Å². The minimum absolute atomic E-state index is 0.00829. The number of furan rings is 1. The number of rotatable bonds is 1. The summed E-state index contributed by atoms with van der Waals surface area (Å²) in [6.07, 6.45) is 3.77. The molecule has 2 N–H and O–H groups in total. The highest BCUT2D eigenvalue weighted by Gasteiger charge is 2.79. The average molecular weight is 374 g/mol. The molecule has 0 radical (unpaired) electrons. The molecular weight excluding hydrogens is 352 g/mol. The molecule has 5 rings (SSSR count). The van der Waals surface area contributed by atoms with Gasteiger partial charge in [-0.1, -0.05) is 0 Å².